The molecule has 0 saturated heterocycles. The summed E-state index contributed by atoms with van der Waals surface area (Å²) in [6, 6.07) is 5.66. The van der Waals surface area contributed by atoms with Crippen molar-refractivity contribution in [2.45, 2.75) is 30.5 Å². The second kappa shape index (κ2) is 5.40. The van der Waals surface area contributed by atoms with Crippen LogP contribution >= 0.6 is 11.3 Å². The first kappa shape index (κ1) is 14.5. The highest BCUT2D eigenvalue weighted by Gasteiger charge is 2.27. The summed E-state index contributed by atoms with van der Waals surface area (Å²) in [4.78, 5) is 3.99. The standard InChI is InChI=1S/C14H16N2O3S2/c1-9-4-3-5-11-6-12(8-19-14(9)11)16-21(17,18)13-7-15-10(2)20-13/h3-5,7,12,16H,6,8H2,1-2H3. The molecular weight excluding hydrogens is 308 g/mol. The first-order chi connectivity index (χ1) is 9.95. The van der Waals surface area contributed by atoms with Crippen LogP contribution in [-0.2, 0) is 16.4 Å². The van der Waals surface area contributed by atoms with E-state index in [1.165, 1.54) is 17.5 Å². The summed E-state index contributed by atoms with van der Waals surface area (Å²) in [5.74, 6) is 0.876. The summed E-state index contributed by atoms with van der Waals surface area (Å²) in [6.45, 7) is 4.12. The third kappa shape index (κ3) is 2.95. The van der Waals surface area contributed by atoms with E-state index in [2.05, 4.69) is 9.71 Å². The number of thiazole rings is 1. The van der Waals surface area contributed by atoms with Crippen LogP contribution in [0.25, 0.3) is 0 Å². The minimum atomic E-state index is -3.53. The van der Waals surface area contributed by atoms with Gasteiger partial charge >= 0.3 is 0 Å². The van der Waals surface area contributed by atoms with Crippen LogP contribution in [0.5, 0.6) is 5.75 Å². The lowest BCUT2D eigenvalue weighted by Crippen LogP contribution is -2.42. The molecule has 2 aromatic rings. The van der Waals surface area contributed by atoms with Crippen LogP contribution < -0.4 is 9.46 Å². The number of rotatable bonds is 3. The molecule has 0 aliphatic carbocycles. The molecule has 3 rings (SSSR count). The van der Waals surface area contributed by atoms with Crippen molar-refractivity contribution in [2.75, 3.05) is 6.61 Å². The molecule has 2 heterocycles. The number of aromatic nitrogens is 1. The predicted octanol–water partition coefficient (Wildman–Crippen LogP) is 2.04. The quantitative estimate of drug-likeness (QED) is 0.938. The molecule has 0 radical (unpaired) electrons. The number of nitrogens with one attached hydrogen (secondary N) is 1. The Morgan fingerprint density at radius 2 is 2.19 bits per heavy atom. The molecular formula is C14H16N2O3S2. The van der Waals surface area contributed by atoms with Gasteiger partial charge in [0.05, 0.1) is 17.2 Å². The smallest absolute Gasteiger partial charge is 0.252 e. The van der Waals surface area contributed by atoms with Crippen molar-refractivity contribution in [1.29, 1.82) is 0 Å². The topological polar surface area (TPSA) is 68.3 Å². The van der Waals surface area contributed by atoms with Gasteiger partial charge in [0.2, 0.25) is 0 Å². The van der Waals surface area contributed by atoms with Crippen LogP contribution in [0.4, 0.5) is 0 Å². The van der Waals surface area contributed by atoms with Gasteiger partial charge in [-0.2, -0.15) is 0 Å². The van der Waals surface area contributed by atoms with Crippen molar-refractivity contribution in [1.82, 2.24) is 9.71 Å². The van der Waals surface area contributed by atoms with Crippen LogP contribution in [0.1, 0.15) is 16.1 Å². The fourth-order valence-electron chi connectivity index (χ4n) is 2.41. The summed E-state index contributed by atoms with van der Waals surface area (Å²) in [5, 5.41) is 0.733. The normalized spacial score (nSPS) is 18.1. The fourth-order valence-corrected chi connectivity index (χ4v) is 4.75. The molecule has 5 nitrogen and oxygen atoms in total. The van der Waals surface area contributed by atoms with E-state index < -0.39 is 10.0 Å². The van der Waals surface area contributed by atoms with Gasteiger partial charge in [-0.3, -0.25) is 0 Å². The van der Waals surface area contributed by atoms with Gasteiger partial charge in [0.15, 0.2) is 4.21 Å². The Morgan fingerprint density at radius 3 is 2.90 bits per heavy atom. The van der Waals surface area contributed by atoms with Crippen molar-refractivity contribution in [3.05, 3.63) is 40.5 Å². The van der Waals surface area contributed by atoms with E-state index in [0.29, 0.717) is 13.0 Å². The highest BCUT2D eigenvalue weighted by atomic mass is 32.2. The molecule has 1 aromatic heterocycles. The van der Waals surface area contributed by atoms with E-state index >= 15 is 0 Å². The molecule has 1 aliphatic rings. The number of aryl methyl sites for hydroxylation is 2. The maximum absolute atomic E-state index is 12.3. The minimum absolute atomic E-state index is 0.245. The molecule has 0 bridgehead atoms. The average molecular weight is 324 g/mol. The zero-order chi connectivity index (χ0) is 15.0. The molecule has 0 amide bonds. The second-order valence-electron chi connectivity index (χ2n) is 5.09. The fraction of sp³-hybridized carbons (Fsp3) is 0.357. The molecule has 1 atom stereocenters. The van der Waals surface area contributed by atoms with Crippen LogP contribution in [-0.4, -0.2) is 26.1 Å². The van der Waals surface area contributed by atoms with Gasteiger partial charge in [0, 0.05) is 0 Å². The molecule has 112 valence electrons. The lowest BCUT2D eigenvalue weighted by molar-refractivity contribution is 0.252. The van der Waals surface area contributed by atoms with E-state index in [4.69, 9.17) is 4.74 Å². The van der Waals surface area contributed by atoms with Gasteiger partial charge in [-0.25, -0.2) is 18.1 Å². The Morgan fingerprint density at radius 1 is 1.38 bits per heavy atom. The summed E-state index contributed by atoms with van der Waals surface area (Å²) in [7, 11) is -3.53. The molecule has 1 unspecified atom stereocenters. The molecule has 1 aromatic carbocycles. The van der Waals surface area contributed by atoms with Crippen LogP contribution in [0.2, 0.25) is 0 Å². The number of nitrogens with zero attached hydrogens (tertiary/aromatic N) is 1. The summed E-state index contributed by atoms with van der Waals surface area (Å²) >= 11 is 1.17. The Balaban J connectivity index is 1.78. The van der Waals surface area contributed by atoms with Gasteiger partial charge in [-0.1, -0.05) is 18.2 Å². The van der Waals surface area contributed by atoms with Crippen LogP contribution in [0.15, 0.2) is 28.6 Å². The Hall–Kier alpha value is -1.44. The molecule has 1 N–H and O–H groups in total. The third-order valence-corrected chi connectivity index (χ3v) is 6.27. The van der Waals surface area contributed by atoms with E-state index in [9.17, 15) is 8.42 Å². The monoisotopic (exact) mass is 324 g/mol. The van der Waals surface area contributed by atoms with Crippen molar-refractivity contribution in [3.8, 4) is 5.75 Å². The lowest BCUT2D eigenvalue weighted by Gasteiger charge is -2.26. The number of sulfonamides is 1. The zero-order valence-corrected chi connectivity index (χ0v) is 13.4. The second-order valence-corrected chi connectivity index (χ2v) is 8.27. The summed E-state index contributed by atoms with van der Waals surface area (Å²) in [6.07, 6.45) is 2.03. The van der Waals surface area contributed by atoms with E-state index in [0.717, 1.165) is 21.9 Å². The van der Waals surface area contributed by atoms with Crippen LogP contribution in [0.3, 0.4) is 0 Å². The highest BCUT2D eigenvalue weighted by molar-refractivity contribution is 7.91. The Labute approximate surface area is 128 Å². The van der Waals surface area contributed by atoms with Crippen molar-refractivity contribution < 1.29 is 13.2 Å². The maximum atomic E-state index is 12.3. The van der Waals surface area contributed by atoms with Gasteiger partial charge in [0.1, 0.15) is 12.4 Å². The molecule has 0 spiro atoms. The number of ether oxygens (including phenoxy) is 1. The largest absolute Gasteiger partial charge is 0.491 e. The number of fused-ring (bicyclic) bond motifs is 1. The first-order valence-electron chi connectivity index (χ1n) is 6.62. The van der Waals surface area contributed by atoms with Crippen molar-refractivity contribution in [3.63, 3.8) is 0 Å². The Bertz CT molecular complexity index is 768. The highest BCUT2D eigenvalue weighted by Crippen LogP contribution is 2.29. The average Bonchev–Trinajstić information content (AvgIpc) is 2.86. The molecule has 7 heteroatoms. The number of hydrogen-bond acceptors (Lipinski definition) is 5. The van der Waals surface area contributed by atoms with E-state index in [1.54, 1.807) is 6.92 Å². The minimum Gasteiger partial charge on any atom is -0.491 e. The molecule has 0 saturated carbocycles. The van der Waals surface area contributed by atoms with Crippen LogP contribution in [0, 0.1) is 13.8 Å². The number of para-hydroxylation sites is 1. The van der Waals surface area contributed by atoms with Gasteiger partial charge in [-0.15, -0.1) is 11.3 Å². The third-order valence-electron chi connectivity index (χ3n) is 3.38. The summed E-state index contributed by atoms with van der Waals surface area (Å²) < 4.78 is 33.3. The summed E-state index contributed by atoms with van der Waals surface area (Å²) in [5.41, 5.74) is 2.11. The maximum Gasteiger partial charge on any atom is 0.252 e. The SMILES string of the molecule is Cc1ncc(S(=O)(=O)NC2COc3c(C)cccc3C2)s1. The molecule has 1 aliphatic heterocycles. The van der Waals surface area contributed by atoms with Gasteiger partial charge in [-0.05, 0) is 31.4 Å². The number of hydrogen-bond donors (Lipinski definition) is 1. The van der Waals surface area contributed by atoms with Crippen molar-refractivity contribution in [2.24, 2.45) is 0 Å². The zero-order valence-electron chi connectivity index (χ0n) is 11.8. The van der Waals surface area contributed by atoms with Gasteiger partial charge < -0.3 is 4.74 Å². The van der Waals surface area contributed by atoms with Gasteiger partial charge in [0.25, 0.3) is 10.0 Å². The predicted molar refractivity (Wildman–Crippen MR) is 81.3 cm³/mol. The van der Waals surface area contributed by atoms with E-state index in [1.807, 2.05) is 25.1 Å². The van der Waals surface area contributed by atoms with Crippen molar-refractivity contribution >= 4 is 21.4 Å². The lowest BCUT2D eigenvalue weighted by atomic mass is 10.0. The number of benzene rings is 1. The molecule has 0 fully saturated rings. The van der Waals surface area contributed by atoms with E-state index in [-0.39, 0.29) is 10.3 Å². The Kier molecular flexibility index (Phi) is 3.73. The first-order valence-corrected chi connectivity index (χ1v) is 8.92. The molecule has 21 heavy (non-hydrogen) atoms.